The molecular weight excluding hydrogens is 433 g/mol. The third kappa shape index (κ3) is 4.85. The molecule has 0 bridgehead atoms. The van der Waals surface area contributed by atoms with Crippen LogP contribution in [0.1, 0.15) is 30.5 Å². The summed E-state index contributed by atoms with van der Waals surface area (Å²) in [6.07, 6.45) is -5.61. The summed E-state index contributed by atoms with van der Waals surface area (Å²) in [5, 5.41) is 4.66. The van der Waals surface area contributed by atoms with Gasteiger partial charge in [0.1, 0.15) is 0 Å². The van der Waals surface area contributed by atoms with E-state index in [4.69, 9.17) is 0 Å². The number of hydrogen-bond donors (Lipinski definition) is 1. The molecule has 172 valence electrons. The molecule has 0 aromatic heterocycles. The fourth-order valence-corrected chi connectivity index (χ4v) is 4.18. The summed E-state index contributed by atoms with van der Waals surface area (Å²) in [5.74, 6) is -3.16. The fraction of sp³-hybridized carbons (Fsp3) is 0.280. The normalized spacial score (nSPS) is 15.6. The van der Waals surface area contributed by atoms with Gasteiger partial charge in [-0.15, -0.1) is 0 Å². The van der Waals surface area contributed by atoms with Gasteiger partial charge in [0.25, 0.3) is 5.91 Å². The van der Waals surface area contributed by atoms with Crippen molar-refractivity contribution >= 4 is 28.3 Å². The molecule has 4 rings (SSSR count). The molecule has 0 radical (unpaired) electrons. The van der Waals surface area contributed by atoms with Crippen molar-refractivity contribution in [2.75, 3.05) is 11.4 Å². The number of carbonyl (C=O) groups excluding carboxylic acids is 2. The Balaban J connectivity index is 1.65. The number of nitrogens with zero attached hydrogens (tertiary/aromatic N) is 1. The topological polar surface area (TPSA) is 58.6 Å². The first-order valence-corrected chi connectivity index (χ1v) is 10.7. The van der Waals surface area contributed by atoms with Crippen molar-refractivity contribution in [2.45, 2.75) is 38.2 Å². The van der Waals surface area contributed by atoms with E-state index in [9.17, 15) is 22.8 Å². The molecule has 1 aliphatic rings. The van der Waals surface area contributed by atoms with Gasteiger partial charge >= 0.3 is 12.1 Å². The number of hydrogen-bond acceptors (Lipinski definition) is 4. The largest absolute Gasteiger partial charge is 0.490 e. The minimum atomic E-state index is -5.22. The first kappa shape index (κ1) is 22.8. The Morgan fingerprint density at radius 1 is 1.00 bits per heavy atom. The number of amides is 1. The number of anilines is 1. The van der Waals surface area contributed by atoms with Gasteiger partial charge in [0.15, 0.2) is 0 Å². The lowest BCUT2D eigenvalue weighted by Crippen LogP contribution is -2.52. The molecular formula is C25H23F3N2O3. The number of alkyl halides is 3. The highest BCUT2D eigenvalue weighted by molar-refractivity contribution is 5.98. The monoisotopic (exact) mass is 456 g/mol. The van der Waals surface area contributed by atoms with Gasteiger partial charge in [-0.25, -0.2) is 4.79 Å². The molecule has 3 aromatic rings. The van der Waals surface area contributed by atoms with Crippen molar-refractivity contribution in [1.82, 2.24) is 5.32 Å². The van der Waals surface area contributed by atoms with E-state index in [0.29, 0.717) is 18.7 Å². The van der Waals surface area contributed by atoms with Gasteiger partial charge in [-0.3, -0.25) is 10.1 Å². The summed E-state index contributed by atoms with van der Waals surface area (Å²) in [7, 11) is 0. The Morgan fingerprint density at radius 2 is 1.70 bits per heavy atom. The lowest BCUT2D eigenvalue weighted by molar-refractivity contribution is -0.206. The number of fused-ring (bicyclic) bond motifs is 2. The molecule has 33 heavy (non-hydrogen) atoms. The predicted molar refractivity (Wildman–Crippen MR) is 119 cm³/mol. The van der Waals surface area contributed by atoms with Gasteiger partial charge in [0.2, 0.25) is 6.23 Å². The Morgan fingerprint density at radius 3 is 2.48 bits per heavy atom. The average Bonchev–Trinajstić information content (AvgIpc) is 2.81. The number of para-hydroxylation sites is 1. The number of carbonyl (C=O) groups is 2. The van der Waals surface area contributed by atoms with Crippen molar-refractivity contribution in [3.63, 3.8) is 0 Å². The number of ether oxygens (including phenoxy) is 1. The molecule has 0 fully saturated rings. The van der Waals surface area contributed by atoms with Crippen LogP contribution in [-0.4, -0.2) is 30.8 Å². The molecule has 1 N–H and O–H groups in total. The number of halogens is 3. The smallest absolute Gasteiger partial charge is 0.430 e. The van der Waals surface area contributed by atoms with Crippen LogP contribution in [0, 0.1) is 0 Å². The highest BCUT2D eigenvalue weighted by Gasteiger charge is 2.44. The average molecular weight is 456 g/mol. The Hall–Kier alpha value is -3.39. The molecule has 0 spiro atoms. The highest BCUT2D eigenvalue weighted by Crippen LogP contribution is 2.29. The van der Waals surface area contributed by atoms with Crippen molar-refractivity contribution in [3.8, 4) is 0 Å². The van der Waals surface area contributed by atoms with E-state index in [0.717, 1.165) is 28.3 Å². The van der Waals surface area contributed by atoms with E-state index >= 15 is 0 Å². The summed E-state index contributed by atoms with van der Waals surface area (Å²) >= 11 is 0. The summed E-state index contributed by atoms with van der Waals surface area (Å²) in [6, 6.07) is 19.8. The van der Waals surface area contributed by atoms with Crippen LogP contribution in [0.15, 0.2) is 66.7 Å². The van der Waals surface area contributed by atoms with Gasteiger partial charge in [-0.05, 0) is 47.7 Å². The van der Waals surface area contributed by atoms with Gasteiger partial charge < -0.3 is 9.64 Å². The fourth-order valence-electron chi connectivity index (χ4n) is 4.18. The Labute approximate surface area is 189 Å². The lowest BCUT2D eigenvalue weighted by Gasteiger charge is -2.33. The molecule has 2 unspecified atom stereocenters. The molecule has 3 aromatic carbocycles. The number of aryl methyl sites for hydroxylation is 1. The zero-order chi connectivity index (χ0) is 23.6. The molecule has 1 heterocycles. The molecule has 0 saturated heterocycles. The van der Waals surface area contributed by atoms with Crippen LogP contribution in [0.25, 0.3) is 10.8 Å². The van der Waals surface area contributed by atoms with Crippen LogP contribution >= 0.6 is 0 Å². The van der Waals surface area contributed by atoms with E-state index in [-0.39, 0.29) is 0 Å². The summed E-state index contributed by atoms with van der Waals surface area (Å²) in [6.45, 7) is 2.04. The maximum absolute atomic E-state index is 13.4. The van der Waals surface area contributed by atoms with Crippen LogP contribution in [0.5, 0.6) is 0 Å². The predicted octanol–water partition coefficient (Wildman–Crippen LogP) is 4.90. The Kier molecular flexibility index (Phi) is 6.37. The van der Waals surface area contributed by atoms with Crippen LogP contribution < -0.4 is 10.2 Å². The molecule has 8 heteroatoms. The molecule has 1 aliphatic heterocycles. The highest BCUT2D eigenvalue weighted by atomic mass is 19.4. The number of nitrogens with one attached hydrogen (secondary N) is 1. The van der Waals surface area contributed by atoms with E-state index in [1.807, 2.05) is 54.6 Å². The number of benzene rings is 3. The molecule has 2 atom stereocenters. The minimum absolute atomic E-state index is 0.320. The quantitative estimate of drug-likeness (QED) is 0.438. The summed E-state index contributed by atoms with van der Waals surface area (Å²) in [5.41, 5.74) is 2.30. The first-order valence-electron chi connectivity index (χ1n) is 10.7. The summed E-state index contributed by atoms with van der Waals surface area (Å²) in [4.78, 5) is 26.4. The first-order chi connectivity index (χ1) is 15.8. The van der Waals surface area contributed by atoms with Gasteiger partial charge in [0.05, 0.1) is 0 Å². The molecule has 0 aliphatic carbocycles. The third-order valence-corrected chi connectivity index (χ3v) is 5.75. The van der Waals surface area contributed by atoms with Crippen molar-refractivity contribution in [2.24, 2.45) is 0 Å². The van der Waals surface area contributed by atoms with Crippen molar-refractivity contribution in [1.29, 1.82) is 0 Å². The zero-order valence-electron chi connectivity index (χ0n) is 17.9. The van der Waals surface area contributed by atoms with E-state index in [1.165, 1.54) is 4.90 Å². The molecule has 0 saturated carbocycles. The minimum Gasteiger partial charge on any atom is -0.430 e. The number of rotatable bonds is 5. The van der Waals surface area contributed by atoms with Crippen LogP contribution in [0.3, 0.4) is 0 Å². The van der Waals surface area contributed by atoms with Gasteiger partial charge in [0, 0.05) is 18.3 Å². The lowest BCUT2D eigenvalue weighted by atomic mass is 9.99. The van der Waals surface area contributed by atoms with Crippen LogP contribution in [-0.2, 0) is 20.7 Å². The zero-order valence-corrected chi connectivity index (χ0v) is 17.9. The maximum atomic E-state index is 13.4. The third-order valence-electron chi connectivity index (χ3n) is 5.75. The second kappa shape index (κ2) is 9.23. The van der Waals surface area contributed by atoms with Crippen molar-refractivity contribution in [3.05, 3.63) is 77.9 Å². The van der Waals surface area contributed by atoms with Gasteiger partial charge in [-0.1, -0.05) is 60.7 Å². The van der Waals surface area contributed by atoms with E-state index in [1.54, 1.807) is 19.1 Å². The van der Waals surface area contributed by atoms with Crippen LogP contribution in [0.4, 0.5) is 18.9 Å². The van der Waals surface area contributed by atoms with E-state index in [2.05, 4.69) is 10.1 Å². The Bertz CT molecular complexity index is 1170. The van der Waals surface area contributed by atoms with Crippen LogP contribution in [0.2, 0.25) is 0 Å². The second-order valence-electron chi connectivity index (χ2n) is 7.96. The molecule has 1 amide bonds. The van der Waals surface area contributed by atoms with Crippen molar-refractivity contribution < 1.29 is 27.5 Å². The van der Waals surface area contributed by atoms with Gasteiger partial charge in [-0.2, -0.15) is 13.2 Å². The standard InChI is InChI=1S/C25H23F3N2O3/c1-16(19-13-6-10-17-8-2-4-12-20(17)19)29-22(33-24(32)25(26,27)28)23(31)30-15-7-11-18-9-3-5-14-21(18)30/h2-6,8-10,12-14,16,22,29H,7,11,15H2,1H3. The summed E-state index contributed by atoms with van der Waals surface area (Å²) < 4.78 is 43.7. The second-order valence-corrected chi connectivity index (χ2v) is 7.96. The molecule has 5 nitrogen and oxygen atoms in total. The number of esters is 1. The SMILES string of the molecule is CC(NC(OC(=O)C(F)(F)F)C(=O)N1CCCc2ccccc21)c1cccc2ccccc12. The van der Waals surface area contributed by atoms with E-state index < -0.39 is 30.3 Å². The maximum Gasteiger partial charge on any atom is 0.490 e.